The van der Waals surface area contributed by atoms with Crippen LogP contribution >= 0.6 is 23.4 Å². The first-order valence-corrected chi connectivity index (χ1v) is 11.3. The van der Waals surface area contributed by atoms with Gasteiger partial charge in [0.1, 0.15) is 0 Å². The van der Waals surface area contributed by atoms with Crippen molar-refractivity contribution in [3.8, 4) is 0 Å². The zero-order chi connectivity index (χ0) is 20.3. The van der Waals surface area contributed by atoms with Crippen LogP contribution in [0.5, 0.6) is 0 Å². The van der Waals surface area contributed by atoms with E-state index in [1.807, 2.05) is 0 Å². The van der Waals surface area contributed by atoms with Crippen molar-refractivity contribution in [3.63, 3.8) is 0 Å². The van der Waals surface area contributed by atoms with Gasteiger partial charge in [0, 0.05) is 16.2 Å². The smallest absolute Gasteiger partial charge is 0.0524 e. The summed E-state index contributed by atoms with van der Waals surface area (Å²) in [7, 11) is 0. The second-order valence-corrected chi connectivity index (χ2v) is 9.28. The van der Waals surface area contributed by atoms with Crippen LogP contribution in [0.2, 0.25) is 5.02 Å². The highest BCUT2D eigenvalue weighted by Gasteiger charge is 2.15. The van der Waals surface area contributed by atoms with Crippen molar-refractivity contribution in [1.82, 2.24) is 0 Å². The molecule has 2 N–H and O–H groups in total. The lowest BCUT2D eigenvalue weighted by atomic mass is 9.99. The maximum atomic E-state index is 6.79. The van der Waals surface area contributed by atoms with Gasteiger partial charge in [-0.15, -0.1) is 0 Å². The molecule has 3 heteroatoms. The number of fused-ring (bicyclic) bond motifs is 1. The zero-order valence-electron chi connectivity index (χ0n) is 17.2. The average Bonchev–Trinajstić information content (AvgIpc) is 2.90. The number of nitrogens with two attached hydrogens (primary N) is 1. The fourth-order valence-corrected chi connectivity index (χ4v) is 5.01. The van der Waals surface area contributed by atoms with Gasteiger partial charge in [0.15, 0.2) is 0 Å². The van der Waals surface area contributed by atoms with Crippen molar-refractivity contribution >= 4 is 34.0 Å². The third-order valence-corrected chi connectivity index (χ3v) is 7.07. The van der Waals surface area contributed by atoms with Crippen LogP contribution in [0, 0.1) is 13.8 Å². The maximum Gasteiger partial charge on any atom is 0.0524 e. The number of halogens is 1. The molecule has 0 saturated carbocycles. The Morgan fingerprint density at radius 2 is 1.89 bits per heavy atom. The number of rotatable bonds is 5. The van der Waals surface area contributed by atoms with E-state index in [1.54, 1.807) is 11.8 Å². The molecule has 0 aromatic heterocycles. The van der Waals surface area contributed by atoms with E-state index in [1.165, 1.54) is 47.1 Å². The third-order valence-electron chi connectivity index (χ3n) is 5.61. The maximum absolute atomic E-state index is 6.79. The first-order chi connectivity index (χ1) is 13.4. The average molecular weight is 412 g/mol. The lowest BCUT2D eigenvalue weighted by Crippen LogP contribution is -1.97. The Hall–Kier alpha value is -1.64. The first kappa shape index (κ1) is 21.1. The number of anilines is 1. The fraction of sp³-hybridized carbons (Fsp3) is 0.360. The van der Waals surface area contributed by atoms with E-state index in [0.29, 0.717) is 0 Å². The normalized spacial score (nSPS) is 14.5. The van der Waals surface area contributed by atoms with Gasteiger partial charge >= 0.3 is 0 Å². The number of aryl methyl sites for hydroxylation is 3. The van der Waals surface area contributed by atoms with E-state index >= 15 is 0 Å². The van der Waals surface area contributed by atoms with Crippen molar-refractivity contribution in [1.29, 1.82) is 0 Å². The topological polar surface area (TPSA) is 26.0 Å². The first-order valence-electron chi connectivity index (χ1n) is 10.0. The summed E-state index contributed by atoms with van der Waals surface area (Å²) in [5.74, 6) is 0. The number of hydrogen-bond donors (Lipinski definition) is 1. The molecule has 0 atom stereocenters. The van der Waals surface area contributed by atoms with Crippen LogP contribution in [0.1, 0.15) is 59.6 Å². The minimum Gasteiger partial charge on any atom is -0.399 e. The quantitative estimate of drug-likeness (QED) is 0.403. The minimum atomic E-state index is 0.864. The number of benzene rings is 2. The van der Waals surface area contributed by atoms with Gasteiger partial charge in [0.05, 0.1) is 5.02 Å². The molecule has 0 heterocycles. The molecule has 0 bridgehead atoms. The van der Waals surface area contributed by atoms with Crippen LogP contribution < -0.4 is 5.73 Å². The second kappa shape index (κ2) is 9.24. The van der Waals surface area contributed by atoms with E-state index in [0.717, 1.165) is 46.0 Å². The van der Waals surface area contributed by atoms with E-state index in [2.05, 4.69) is 57.0 Å². The number of thioether (sulfide) groups is 1. The van der Waals surface area contributed by atoms with E-state index in [4.69, 9.17) is 17.3 Å². The molecule has 0 radical (unpaired) electrons. The van der Waals surface area contributed by atoms with E-state index in [-0.39, 0.29) is 0 Å². The molecule has 2 aromatic carbocycles. The summed E-state index contributed by atoms with van der Waals surface area (Å²) in [6.45, 7) is 10.7. The Bertz CT molecular complexity index is 927. The van der Waals surface area contributed by atoms with Crippen LogP contribution in [0.25, 0.3) is 4.91 Å². The third kappa shape index (κ3) is 4.85. The highest BCUT2D eigenvalue weighted by Crippen LogP contribution is 2.37. The van der Waals surface area contributed by atoms with Crippen molar-refractivity contribution < 1.29 is 0 Å². The Morgan fingerprint density at radius 3 is 2.68 bits per heavy atom. The van der Waals surface area contributed by atoms with Crippen molar-refractivity contribution in [2.45, 2.75) is 59.3 Å². The Kier molecular flexibility index (Phi) is 6.95. The molecule has 0 aliphatic heterocycles. The molecule has 0 amide bonds. The second-order valence-electron chi connectivity index (χ2n) is 7.94. The summed E-state index contributed by atoms with van der Waals surface area (Å²) in [6.07, 6.45) is 6.95. The molecule has 28 heavy (non-hydrogen) atoms. The van der Waals surface area contributed by atoms with Crippen LogP contribution in [0.15, 0.2) is 41.8 Å². The number of allylic oxidation sites excluding steroid dienone is 1. The van der Waals surface area contributed by atoms with Gasteiger partial charge in [0.2, 0.25) is 0 Å². The highest BCUT2D eigenvalue weighted by molar-refractivity contribution is 8.10. The molecule has 148 valence electrons. The predicted octanol–water partition coefficient (Wildman–Crippen LogP) is 7.66. The molecule has 0 unspecified atom stereocenters. The van der Waals surface area contributed by atoms with Crippen LogP contribution in [0.3, 0.4) is 0 Å². The largest absolute Gasteiger partial charge is 0.399 e. The van der Waals surface area contributed by atoms with Gasteiger partial charge in [-0.25, -0.2) is 0 Å². The van der Waals surface area contributed by atoms with Crippen molar-refractivity contribution in [2.24, 2.45) is 0 Å². The molecule has 1 nitrogen and oxygen atoms in total. The van der Waals surface area contributed by atoms with Gasteiger partial charge < -0.3 is 5.73 Å². The van der Waals surface area contributed by atoms with Gasteiger partial charge in [0.25, 0.3) is 0 Å². The van der Waals surface area contributed by atoms with Crippen molar-refractivity contribution in [3.05, 3.63) is 80.2 Å². The predicted molar refractivity (Wildman–Crippen MR) is 127 cm³/mol. The summed E-state index contributed by atoms with van der Waals surface area (Å²) < 4.78 is 0. The van der Waals surface area contributed by atoms with Crippen LogP contribution in [-0.2, 0) is 19.3 Å². The lowest BCUT2D eigenvalue weighted by Gasteiger charge is -2.14. The molecule has 1 aliphatic rings. The molecule has 0 spiro atoms. The number of nitrogen functional groups attached to an aromatic ring is 1. The Labute approximate surface area is 179 Å². The molecular weight excluding hydrogens is 382 g/mol. The van der Waals surface area contributed by atoms with E-state index < -0.39 is 0 Å². The van der Waals surface area contributed by atoms with Gasteiger partial charge in [-0.1, -0.05) is 60.1 Å². The molecule has 0 fully saturated rings. The monoisotopic (exact) mass is 411 g/mol. The van der Waals surface area contributed by atoms with E-state index in [9.17, 15) is 0 Å². The molecule has 1 aliphatic carbocycles. The SMILES string of the molecule is C=C(S/C=C(\C)Cc1cc(C)c(N)cc1C)c1ccc2c(c1Cl)CCCCC2. The van der Waals surface area contributed by atoms with Gasteiger partial charge in [-0.05, 0) is 92.2 Å². The summed E-state index contributed by atoms with van der Waals surface area (Å²) in [6, 6.07) is 8.67. The minimum absolute atomic E-state index is 0.864. The van der Waals surface area contributed by atoms with Crippen LogP contribution in [-0.4, -0.2) is 0 Å². The summed E-state index contributed by atoms with van der Waals surface area (Å²) in [5.41, 5.74) is 15.7. The standard InChI is InChI=1S/C25H30ClNS/c1-16(12-21-13-18(3)24(27)14-17(21)2)15-28-19(4)22-11-10-20-8-6-5-7-9-23(20)25(22)26/h10-11,13-15H,4-9,12,27H2,1-3H3/b16-15+. The number of hydrogen-bond acceptors (Lipinski definition) is 2. The summed E-state index contributed by atoms with van der Waals surface area (Å²) in [5, 5.41) is 3.11. The summed E-state index contributed by atoms with van der Waals surface area (Å²) in [4.78, 5) is 1.02. The van der Waals surface area contributed by atoms with Gasteiger partial charge in [-0.2, -0.15) is 0 Å². The highest BCUT2D eigenvalue weighted by atomic mass is 35.5. The Morgan fingerprint density at radius 1 is 1.14 bits per heavy atom. The van der Waals surface area contributed by atoms with Crippen LogP contribution in [0.4, 0.5) is 5.69 Å². The molecule has 0 saturated heterocycles. The lowest BCUT2D eigenvalue weighted by molar-refractivity contribution is 0.711. The Balaban J connectivity index is 1.73. The molecule has 2 aromatic rings. The van der Waals surface area contributed by atoms with Gasteiger partial charge in [-0.3, -0.25) is 0 Å². The summed E-state index contributed by atoms with van der Waals surface area (Å²) >= 11 is 8.46. The van der Waals surface area contributed by atoms with Crippen molar-refractivity contribution in [2.75, 3.05) is 5.73 Å². The molecular formula is C25H30ClNS. The molecule has 3 rings (SSSR count). The zero-order valence-corrected chi connectivity index (χ0v) is 18.8. The fourth-order valence-electron chi connectivity index (χ4n) is 3.84.